The quantitative estimate of drug-likeness (QED) is 0.456. The van der Waals surface area contributed by atoms with Gasteiger partial charge in [-0.1, -0.05) is 36.7 Å². The molecule has 1 aromatic carbocycles. The molecule has 3 heterocycles. The predicted octanol–water partition coefficient (Wildman–Crippen LogP) is 4.83. The molecule has 0 bridgehead atoms. The first kappa shape index (κ1) is 16.9. The molecule has 0 spiro atoms. The zero-order chi connectivity index (χ0) is 18.5. The minimum Gasteiger partial charge on any atom is -0.294 e. The average Bonchev–Trinajstić information content (AvgIpc) is 3.02. The number of hydrogen-bond donors (Lipinski definition) is 0. The molecule has 4 aromatic rings. The van der Waals surface area contributed by atoms with Crippen molar-refractivity contribution in [3.8, 4) is 0 Å². The molecule has 0 saturated heterocycles. The standard InChI is InChI=1S/C21H18ClN3OS/c1-12-6-7-15-17(8-12)27-20-18(15)21(26)25(11-23-20)10-14-9-13-4-2-3-5-16(13)24-19(14)22/h2-5,9,11-12H,6-8,10H2,1H3. The van der Waals surface area contributed by atoms with E-state index in [2.05, 4.69) is 16.9 Å². The van der Waals surface area contributed by atoms with E-state index in [0.717, 1.165) is 45.9 Å². The molecule has 3 aromatic heterocycles. The Morgan fingerprint density at radius 1 is 1.33 bits per heavy atom. The van der Waals surface area contributed by atoms with E-state index in [4.69, 9.17) is 11.6 Å². The van der Waals surface area contributed by atoms with Crippen LogP contribution in [0.5, 0.6) is 0 Å². The van der Waals surface area contributed by atoms with E-state index >= 15 is 0 Å². The topological polar surface area (TPSA) is 47.8 Å². The molecule has 4 nitrogen and oxygen atoms in total. The Balaban J connectivity index is 1.61. The number of benzene rings is 1. The Kier molecular flexibility index (Phi) is 4.02. The maximum absolute atomic E-state index is 13.2. The first-order valence-electron chi connectivity index (χ1n) is 9.14. The lowest BCUT2D eigenvalue weighted by Crippen LogP contribution is -2.22. The SMILES string of the molecule is CC1CCc2c(sc3ncn(Cc4cc5ccccc5nc4Cl)c(=O)c23)C1. The third-order valence-corrected chi connectivity index (χ3v) is 6.86. The van der Waals surface area contributed by atoms with Crippen molar-refractivity contribution < 1.29 is 0 Å². The van der Waals surface area contributed by atoms with Gasteiger partial charge in [-0.3, -0.25) is 9.36 Å². The van der Waals surface area contributed by atoms with E-state index in [1.54, 1.807) is 22.2 Å². The summed E-state index contributed by atoms with van der Waals surface area (Å²) >= 11 is 8.06. The van der Waals surface area contributed by atoms with Gasteiger partial charge in [-0.05, 0) is 42.9 Å². The van der Waals surface area contributed by atoms with Crippen molar-refractivity contribution in [2.45, 2.75) is 32.7 Å². The number of hydrogen-bond acceptors (Lipinski definition) is 4. The second-order valence-corrected chi connectivity index (χ2v) is 8.78. The van der Waals surface area contributed by atoms with Crippen LogP contribution in [0.1, 0.15) is 29.3 Å². The minimum atomic E-state index is 0.0243. The summed E-state index contributed by atoms with van der Waals surface area (Å²) in [6.45, 7) is 2.65. The van der Waals surface area contributed by atoms with Gasteiger partial charge < -0.3 is 0 Å². The van der Waals surface area contributed by atoms with Crippen LogP contribution < -0.4 is 5.56 Å². The molecular weight excluding hydrogens is 378 g/mol. The van der Waals surface area contributed by atoms with Crippen molar-refractivity contribution >= 4 is 44.1 Å². The summed E-state index contributed by atoms with van der Waals surface area (Å²) in [5.74, 6) is 0.676. The smallest absolute Gasteiger partial charge is 0.262 e. The second-order valence-electron chi connectivity index (χ2n) is 7.34. The van der Waals surface area contributed by atoms with Gasteiger partial charge in [0.15, 0.2) is 0 Å². The number of halogens is 1. The lowest BCUT2D eigenvalue weighted by Gasteiger charge is -2.17. The largest absolute Gasteiger partial charge is 0.294 e. The fourth-order valence-corrected chi connectivity index (χ4v) is 5.46. The molecule has 0 radical (unpaired) electrons. The summed E-state index contributed by atoms with van der Waals surface area (Å²) < 4.78 is 1.66. The van der Waals surface area contributed by atoms with E-state index < -0.39 is 0 Å². The highest BCUT2D eigenvalue weighted by Gasteiger charge is 2.23. The summed E-state index contributed by atoms with van der Waals surface area (Å²) in [4.78, 5) is 24.4. The molecule has 0 aliphatic heterocycles. The number of para-hydroxylation sites is 1. The molecule has 0 saturated carbocycles. The molecule has 1 aliphatic carbocycles. The van der Waals surface area contributed by atoms with Crippen LogP contribution in [0.4, 0.5) is 0 Å². The van der Waals surface area contributed by atoms with Crippen LogP contribution in [0, 0.1) is 5.92 Å². The Morgan fingerprint density at radius 3 is 3.07 bits per heavy atom. The zero-order valence-electron chi connectivity index (χ0n) is 14.9. The number of aryl methyl sites for hydroxylation is 1. The third kappa shape index (κ3) is 2.86. The first-order valence-corrected chi connectivity index (χ1v) is 10.3. The molecular formula is C21H18ClN3OS. The normalized spacial score (nSPS) is 16.7. The van der Waals surface area contributed by atoms with E-state index in [1.165, 1.54) is 10.4 Å². The zero-order valence-corrected chi connectivity index (χ0v) is 16.5. The van der Waals surface area contributed by atoms with E-state index in [1.807, 2.05) is 30.3 Å². The monoisotopic (exact) mass is 395 g/mol. The Bertz CT molecular complexity index is 1240. The fraction of sp³-hybridized carbons (Fsp3) is 0.286. The van der Waals surface area contributed by atoms with Gasteiger partial charge in [-0.25, -0.2) is 9.97 Å². The van der Waals surface area contributed by atoms with Gasteiger partial charge in [0.2, 0.25) is 0 Å². The summed E-state index contributed by atoms with van der Waals surface area (Å²) in [6, 6.07) is 9.85. The van der Waals surface area contributed by atoms with Crippen molar-refractivity contribution in [2.75, 3.05) is 0 Å². The lowest BCUT2D eigenvalue weighted by atomic mass is 9.89. The molecule has 27 heavy (non-hydrogen) atoms. The third-order valence-electron chi connectivity index (χ3n) is 5.37. The van der Waals surface area contributed by atoms with Crippen LogP contribution in [-0.4, -0.2) is 14.5 Å². The van der Waals surface area contributed by atoms with Crippen molar-refractivity contribution in [1.82, 2.24) is 14.5 Å². The first-order chi connectivity index (χ1) is 13.1. The van der Waals surface area contributed by atoms with Crippen molar-refractivity contribution in [2.24, 2.45) is 5.92 Å². The molecule has 1 atom stereocenters. The number of pyridine rings is 1. The predicted molar refractivity (Wildman–Crippen MR) is 111 cm³/mol. The molecule has 0 amide bonds. The van der Waals surface area contributed by atoms with Gasteiger partial charge in [0, 0.05) is 15.8 Å². The molecule has 1 unspecified atom stereocenters. The minimum absolute atomic E-state index is 0.0243. The van der Waals surface area contributed by atoms with Crippen molar-refractivity contribution in [3.05, 3.63) is 68.2 Å². The molecule has 136 valence electrons. The molecule has 1 aliphatic rings. The van der Waals surface area contributed by atoms with E-state index in [0.29, 0.717) is 17.6 Å². The van der Waals surface area contributed by atoms with Crippen LogP contribution >= 0.6 is 22.9 Å². The Labute approximate surface area is 165 Å². The van der Waals surface area contributed by atoms with Crippen LogP contribution in [-0.2, 0) is 19.4 Å². The van der Waals surface area contributed by atoms with Crippen LogP contribution in [0.15, 0.2) is 41.5 Å². The molecule has 0 fully saturated rings. The highest BCUT2D eigenvalue weighted by Crippen LogP contribution is 2.35. The highest BCUT2D eigenvalue weighted by molar-refractivity contribution is 7.18. The number of rotatable bonds is 2. The summed E-state index contributed by atoms with van der Waals surface area (Å²) in [5, 5.41) is 2.25. The number of aromatic nitrogens is 3. The Morgan fingerprint density at radius 2 is 2.19 bits per heavy atom. The maximum Gasteiger partial charge on any atom is 0.262 e. The van der Waals surface area contributed by atoms with Crippen LogP contribution in [0.2, 0.25) is 5.15 Å². The average molecular weight is 396 g/mol. The molecule has 5 rings (SSSR count). The van der Waals surface area contributed by atoms with Gasteiger partial charge in [0.05, 0.1) is 23.8 Å². The van der Waals surface area contributed by atoms with Crippen molar-refractivity contribution in [1.29, 1.82) is 0 Å². The summed E-state index contributed by atoms with van der Waals surface area (Å²) in [7, 11) is 0. The van der Waals surface area contributed by atoms with Gasteiger partial charge in [0.25, 0.3) is 5.56 Å². The number of thiophene rings is 1. The Hall–Kier alpha value is -2.24. The van der Waals surface area contributed by atoms with E-state index in [9.17, 15) is 4.79 Å². The van der Waals surface area contributed by atoms with Gasteiger partial charge >= 0.3 is 0 Å². The van der Waals surface area contributed by atoms with Crippen LogP contribution in [0.3, 0.4) is 0 Å². The summed E-state index contributed by atoms with van der Waals surface area (Å²) in [5.41, 5.74) is 2.92. The van der Waals surface area contributed by atoms with E-state index in [-0.39, 0.29) is 5.56 Å². The number of fused-ring (bicyclic) bond motifs is 4. The fourth-order valence-electron chi connectivity index (χ4n) is 3.91. The van der Waals surface area contributed by atoms with Crippen molar-refractivity contribution in [3.63, 3.8) is 0 Å². The summed E-state index contributed by atoms with van der Waals surface area (Å²) in [6.07, 6.45) is 4.79. The van der Waals surface area contributed by atoms with Gasteiger partial charge in [0.1, 0.15) is 9.98 Å². The number of nitrogens with zero attached hydrogens (tertiary/aromatic N) is 3. The highest BCUT2D eigenvalue weighted by atomic mass is 35.5. The second kappa shape index (κ2) is 6.43. The van der Waals surface area contributed by atoms with Crippen LogP contribution in [0.25, 0.3) is 21.1 Å². The maximum atomic E-state index is 13.2. The van der Waals surface area contributed by atoms with Gasteiger partial charge in [-0.15, -0.1) is 11.3 Å². The van der Waals surface area contributed by atoms with Gasteiger partial charge in [-0.2, -0.15) is 0 Å². The molecule has 6 heteroatoms. The lowest BCUT2D eigenvalue weighted by molar-refractivity contribution is 0.509. The molecule has 0 N–H and O–H groups in total.